The van der Waals surface area contributed by atoms with Crippen molar-refractivity contribution in [1.29, 1.82) is 0 Å². The van der Waals surface area contributed by atoms with Gasteiger partial charge in [-0.25, -0.2) is 9.78 Å². The molecule has 1 aromatic heterocycles. The predicted octanol–water partition coefficient (Wildman–Crippen LogP) is 3.10. The molecule has 3 rings (SSSR count). The molecule has 0 N–H and O–H groups in total. The first-order valence-corrected chi connectivity index (χ1v) is 7.82. The number of hydrogen-bond donors (Lipinski definition) is 0. The van der Waals surface area contributed by atoms with Gasteiger partial charge in [0.05, 0.1) is 18.4 Å². The highest BCUT2D eigenvalue weighted by Gasteiger charge is 2.13. The first-order chi connectivity index (χ1) is 12.1. The monoisotopic (exact) mass is 339 g/mol. The van der Waals surface area contributed by atoms with E-state index in [9.17, 15) is 9.59 Å². The molecule has 0 saturated heterocycles. The fourth-order valence-corrected chi connectivity index (χ4v) is 2.53. The number of allylic oxidation sites excluding steroid dienone is 1. The van der Waals surface area contributed by atoms with E-state index in [1.165, 1.54) is 14.0 Å². The molecule has 2 aromatic rings. The molecule has 0 saturated carbocycles. The van der Waals surface area contributed by atoms with Crippen LogP contribution < -0.4 is 15.1 Å². The van der Waals surface area contributed by atoms with Gasteiger partial charge in [0.15, 0.2) is 11.5 Å². The quantitative estimate of drug-likeness (QED) is 0.629. The van der Waals surface area contributed by atoms with E-state index in [2.05, 4.69) is 4.98 Å². The summed E-state index contributed by atoms with van der Waals surface area (Å²) in [4.78, 5) is 27.5. The van der Waals surface area contributed by atoms with E-state index in [-0.39, 0.29) is 11.5 Å². The molecule has 1 aromatic carbocycles. The minimum absolute atomic E-state index is 0.222. The molecule has 0 atom stereocenters. The number of rotatable bonds is 4. The molecule has 25 heavy (non-hydrogen) atoms. The largest absolute Gasteiger partial charge is 0.493 e. The van der Waals surface area contributed by atoms with Gasteiger partial charge in [-0.1, -0.05) is 12.1 Å². The summed E-state index contributed by atoms with van der Waals surface area (Å²) >= 11 is 0. The molecule has 6 nitrogen and oxygen atoms in total. The van der Waals surface area contributed by atoms with Gasteiger partial charge < -0.3 is 13.9 Å². The molecule has 0 amide bonds. The van der Waals surface area contributed by atoms with E-state index >= 15 is 0 Å². The molecule has 6 heteroatoms. The van der Waals surface area contributed by atoms with E-state index < -0.39 is 5.97 Å². The molecule has 0 unspecified atom stereocenters. The molecular formula is C19H17NO5. The average Bonchev–Trinajstić information content (AvgIpc) is 2.60. The number of fused-ring (bicyclic) bond motifs is 1. The van der Waals surface area contributed by atoms with Gasteiger partial charge >= 0.3 is 11.6 Å². The summed E-state index contributed by atoms with van der Waals surface area (Å²) in [7, 11) is 1.50. The molecule has 0 radical (unpaired) electrons. The van der Waals surface area contributed by atoms with E-state index in [1.807, 2.05) is 12.2 Å². The zero-order valence-electron chi connectivity index (χ0n) is 13.9. The zero-order chi connectivity index (χ0) is 17.8. The number of ether oxygens (including phenoxy) is 2. The Morgan fingerprint density at radius 3 is 2.88 bits per heavy atom. The molecule has 0 bridgehead atoms. The van der Waals surface area contributed by atoms with Crippen LogP contribution in [0.5, 0.6) is 11.5 Å². The first-order valence-electron chi connectivity index (χ1n) is 7.82. The van der Waals surface area contributed by atoms with Gasteiger partial charge in [0, 0.05) is 13.0 Å². The Hall–Kier alpha value is -3.15. The summed E-state index contributed by atoms with van der Waals surface area (Å²) < 4.78 is 15.5. The molecule has 1 heterocycles. The lowest BCUT2D eigenvalue weighted by molar-refractivity contribution is -0.132. The summed E-state index contributed by atoms with van der Waals surface area (Å²) in [6.45, 7) is 1.32. The van der Waals surface area contributed by atoms with Crippen LogP contribution in [0.25, 0.3) is 18.2 Å². The second kappa shape index (κ2) is 7.17. The molecule has 128 valence electrons. The van der Waals surface area contributed by atoms with Crippen molar-refractivity contribution in [2.75, 3.05) is 7.11 Å². The van der Waals surface area contributed by atoms with Crippen molar-refractivity contribution >= 4 is 24.2 Å². The topological polar surface area (TPSA) is 78.6 Å². The number of carbonyl (C=O) groups is 1. The first kappa shape index (κ1) is 16.7. The Morgan fingerprint density at radius 1 is 1.28 bits per heavy atom. The van der Waals surface area contributed by atoms with Crippen molar-refractivity contribution in [1.82, 2.24) is 4.98 Å². The fourth-order valence-electron chi connectivity index (χ4n) is 2.53. The van der Waals surface area contributed by atoms with E-state index in [1.54, 1.807) is 30.4 Å². The van der Waals surface area contributed by atoms with E-state index in [0.29, 0.717) is 29.2 Å². The highest BCUT2D eigenvalue weighted by molar-refractivity contribution is 5.73. The molecule has 1 aliphatic carbocycles. The van der Waals surface area contributed by atoms with Gasteiger partial charge in [0.25, 0.3) is 0 Å². The minimum atomic E-state index is -0.437. The zero-order valence-corrected chi connectivity index (χ0v) is 13.9. The second-order valence-electron chi connectivity index (χ2n) is 5.48. The Morgan fingerprint density at radius 2 is 2.12 bits per heavy atom. The molecular weight excluding hydrogens is 322 g/mol. The lowest BCUT2D eigenvalue weighted by Crippen LogP contribution is -2.14. The van der Waals surface area contributed by atoms with Crippen molar-refractivity contribution in [2.24, 2.45) is 0 Å². The number of esters is 1. The van der Waals surface area contributed by atoms with Crippen LogP contribution in [0.15, 0.2) is 33.5 Å². The Labute approximate surface area is 144 Å². The lowest BCUT2D eigenvalue weighted by atomic mass is 10.0. The molecule has 0 fully saturated rings. The van der Waals surface area contributed by atoms with Crippen molar-refractivity contribution in [3.63, 3.8) is 0 Å². The second-order valence-corrected chi connectivity index (χ2v) is 5.48. The summed E-state index contributed by atoms with van der Waals surface area (Å²) in [5, 5.41) is 0. The van der Waals surface area contributed by atoms with Gasteiger partial charge in [-0.05, 0) is 42.7 Å². The summed E-state index contributed by atoms with van der Waals surface area (Å²) in [5.74, 6) is 0.560. The number of methoxy groups -OCH3 is 1. The highest BCUT2D eigenvalue weighted by atomic mass is 16.6. The van der Waals surface area contributed by atoms with Crippen LogP contribution in [-0.2, 0) is 11.2 Å². The van der Waals surface area contributed by atoms with Crippen LogP contribution in [0.4, 0.5) is 0 Å². The van der Waals surface area contributed by atoms with Crippen LogP contribution in [0.3, 0.4) is 0 Å². The molecule has 0 aliphatic heterocycles. The van der Waals surface area contributed by atoms with Gasteiger partial charge in [-0.15, -0.1) is 0 Å². The van der Waals surface area contributed by atoms with Crippen molar-refractivity contribution in [3.05, 3.63) is 57.4 Å². The Kier molecular flexibility index (Phi) is 4.79. The van der Waals surface area contributed by atoms with Gasteiger partial charge in [0.2, 0.25) is 5.89 Å². The Balaban J connectivity index is 1.90. The number of benzene rings is 1. The maximum absolute atomic E-state index is 12.0. The van der Waals surface area contributed by atoms with Gasteiger partial charge in [-0.2, -0.15) is 0 Å². The number of aromatic nitrogens is 1. The van der Waals surface area contributed by atoms with Gasteiger partial charge in [0.1, 0.15) is 0 Å². The number of carbonyl (C=O) groups excluding carboxylic acids is 1. The van der Waals surface area contributed by atoms with Crippen LogP contribution in [0, 0.1) is 0 Å². The number of nitrogens with zero attached hydrogens (tertiary/aromatic N) is 1. The van der Waals surface area contributed by atoms with Crippen molar-refractivity contribution in [3.8, 4) is 11.5 Å². The average molecular weight is 339 g/mol. The third-order valence-electron chi connectivity index (χ3n) is 3.68. The normalized spacial score (nSPS) is 12.9. The van der Waals surface area contributed by atoms with Crippen molar-refractivity contribution in [2.45, 2.75) is 19.8 Å². The predicted molar refractivity (Wildman–Crippen MR) is 93.4 cm³/mol. The maximum atomic E-state index is 12.0. The van der Waals surface area contributed by atoms with Gasteiger partial charge in [-0.3, -0.25) is 4.79 Å². The Bertz CT molecular complexity index is 924. The fraction of sp³-hybridized carbons (Fsp3) is 0.211. The SMILES string of the molecule is COc1ccc(/C=C/c2nc3c(c(=O)o2)CCC=C3)cc1OC(C)=O. The standard InChI is InChI=1S/C19H17NO5/c1-12(21)24-17-11-13(7-9-16(17)23-2)8-10-18-20-15-6-4-3-5-14(15)19(22)25-18/h4,6-11H,3,5H2,1-2H3/b10-8+. The smallest absolute Gasteiger partial charge is 0.342 e. The minimum Gasteiger partial charge on any atom is -0.493 e. The third kappa shape index (κ3) is 3.85. The summed E-state index contributed by atoms with van der Waals surface area (Å²) in [6.07, 6.45) is 8.60. The lowest BCUT2D eigenvalue weighted by Gasteiger charge is -2.08. The van der Waals surface area contributed by atoms with Crippen LogP contribution in [0.2, 0.25) is 0 Å². The van der Waals surface area contributed by atoms with Crippen molar-refractivity contribution < 1.29 is 18.7 Å². The van der Waals surface area contributed by atoms with E-state index in [0.717, 1.165) is 12.0 Å². The van der Waals surface area contributed by atoms with Crippen LogP contribution in [-0.4, -0.2) is 18.1 Å². The highest BCUT2D eigenvalue weighted by Crippen LogP contribution is 2.29. The third-order valence-corrected chi connectivity index (χ3v) is 3.68. The van der Waals surface area contributed by atoms with Crippen LogP contribution in [0.1, 0.15) is 36.1 Å². The molecule has 1 aliphatic rings. The van der Waals surface area contributed by atoms with Crippen LogP contribution >= 0.6 is 0 Å². The van der Waals surface area contributed by atoms with E-state index in [4.69, 9.17) is 13.9 Å². The molecule has 0 spiro atoms. The maximum Gasteiger partial charge on any atom is 0.342 e. The number of hydrogen-bond acceptors (Lipinski definition) is 6. The summed E-state index contributed by atoms with van der Waals surface area (Å²) in [5.41, 5.74) is 1.65. The summed E-state index contributed by atoms with van der Waals surface area (Å²) in [6, 6.07) is 5.14.